The van der Waals surface area contributed by atoms with Crippen molar-refractivity contribution in [2.45, 2.75) is 11.7 Å². The number of methoxy groups -OCH3 is 1. The van der Waals surface area contributed by atoms with E-state index >= 15 is 0 Å². The second-order valence-electron chi connectivity index (χ2n) is 9.68. The van der Waals surface area contributed by atoms with Gasteiger partial charge in [0.1, 0.15) is 29.7 Å². The van der Waals surface area contributed by atoms with E-state index in [4.69, 9.17) is 9.47 Å². The summed E-state index contributed by atoms with van der Waals surface area (Å²) >= 11 is 1.05. The highest BCUT2D eigenvalue weighted by Crippen LogP contribution is 2.24. The predicted molar refractivity (Wildman–Crippen MR) is 173 cm³/mol. The molecule has 5 rings (SSSR count). The maximum Gasteiger partial charge on any atom is 0.286 e. The molecule has 1 aromatic heterocycles. The van der Waals surface area contributed by atoms with Gasteiger partial charge in [-0.15, -0.1) is 0 Å². The molecule has 1 aliphatic heterocycles. The highest BCUT2D eigenvalue weighted by Gasteiger charge is 2.31. The number of ether oxygens (including phenoxy) is 2. The van der Waals surface area contributed by atoms with Gasteiger partial charge in [-0.05, 0) is 72.2 Å². The number of anilines is 1. The maximum atomic E-state index is 11.9. The Balaban J connectivity index is 0.000000209. The summed E-state index contributed by atoms with van der Waals surface area (Å²) in [6.07, 6.45) is 5.44. The number of phenolic OH excluding ortho intramolecular Hbond substituents is 1. The van der Waals surface area contributed by atoms with Crippen LogP contribution in [0.2, 0.25) is 0 Å². The molecule has 3 aromatic carbocycles. The summed E-state index contributed by atoms with van der Waals surface area (Å²) in [4.78, 5) is 41.0. The predicted octanol–water partition coefficient (Wildman–Crippen LogP) is 5.79. The number of para-hydroxylation sites is 1. The van der Waals surface area contributed by atoms with Gasteiger partial charge < -0.3 is 19.5 Å². The number of thioether (sulfide) groups is 1. The molecule has 0 spiro atoms. The lowest BCUT2D eigenvalue weighted by atomic mass is 10.1. The fourth-order valence-electron chi connectivity index (χ4n) is 4.12. The Kier molecular flexibility index (Phi) is 11.5. The topological polar surface area (TPSA) is 118 Å². The molecule has 226 valence electrons. The summed E-state index contributed by atoms with van der Waals surface area (Å²) in [6.45, 7) is 1.27. The number of aromatic nitrogens is 1. The van der Waals surface area contributed by atoms with E-state index in [9.17, 15) is 19.5 Å². The number of rotatable bonds is 11. The van der Waals surface area contributed by atoms with Gasteiger partial charge in [0.05, 0.1) is 24.5 Å². The van der Waals surface area contributed by atoms with Gasteiger partial charge in [-0.25, -0.2) is 4.98 Å². The molecule has 0 aliphatic carbocycles. The molecule has 1 aliphatic rings. The van der Waals surface area contributed by atoms with Gasteiger partial charge in [-0.3, -0.25) is 19.7 Å². The number of nitrogens with one attached hydrogen (secondary N) is 1. The second-order valence-corrected chi connectivity index (χ2v) is 10.9. The van der Waals surface area contributed by atoms with Crippen molar-refractivity contribution in [3.05, 3.63) is 120 Å². The zero-order valence-corrected chi connectivity index (χ0v) is 25.2. The molecule has 1 atom stereocenters. The van der Waals surface area contributed by atoms with Gasteiger partial charge in [0, 0.05) is 13.2 Å². The first-order valence-corrected chi connectivity index (χ1v) is 14.7. The van der Waals surface area contributed by atoms with Gasteiger partial charge in [0.25, 0.3) is 5.24 Å². The number of allylic oxidation sites excluding steroid dienone is 1. The van der Waals surface area contributed by atoms with Crippen molar-refractivity contribution in [2.24, 2.45) is 0 Å². The van der Waals surface area contributed by atoms with Crippen LogP contribution in [0.4, 0.5) is 10.6 Å². The number of likely N-dealkylation sites (N-methyl/N-ethyl adjacent to an activating group) is 1. The molecule has 2 amide bonds. The van der Waals surface area contributed by atoms with Crippen LogP contribution >= 0.6 is 11.8 Å². The van der Waals surface area contributed by atoms with Crippen LogP contribution in [0.25, 0.3) is 6.08 Å². The lowest BCUT2D eigenvalue weighted by Crippen LogP contribution is -2.25. The van der Waals surface area contributed by atoms with E-state index in [0.29, 0.717) is 18.6 Å². The fourth-order valence-corrected chi connectivity index (χ4v) is 4.98. The Morgan fingerprint density at radius 3 is 2.32 bits per heavy atom. The molecule has 1 saturated heterocycles. The molecule has 4 aromatic rings. The minimum Gasteiger partial charge on any atom is -0.507 e. The molecule has 1 unspecified atom stereocenters. The van der Waals surface area contributed by atoms with Crippen molar-refractivity contribution in [1.29, 1.82) is 0 Å². The number of carbonyl (C=O) groups excluding carboxylic acids is 3. The van der Waals surface area contributed by atoms with E-state index in [1.54, 1.807) is 37.6 Å². The number of pyridine rings is 1. The first-order valence-electron chi connectivity index (χ1n) is 13.8. The number of imide groups is 1. The van der Waals surface area contributed by atoms with Crippen LogP contribution in [0.5, 0.6) is 17.2 Å². The van der Waals surface area contributed by atoms with Gasteiger partial charge in [-0.2, -0.15) is 0 Å². The van der Waals surface area contributed by atoms with Crippen LogP contribution in [0, 0.1) is 0 Å². The van der Waals surface area contributed by atoms with Crippen molar-refractivity contribution in [2.75, 3.05) is 32.2 Å². The normalized spacial score (nSPS) is 14.0. The third-order valence-electron chi connectivity index (χ3n) is 6.56. The van der Waals surface area contributed by atoms with Crippen molar-refractivity contribution in [1.82, 2.24) is 10.3 Å². The second kappa shape index (κ2) is 15.9. The molecule has 1 fully saturated rings. The number of hydrogen-bond donors (Lipinski definition) is 2. The molecule has 0 radical (unpaired) electrons. The number of phenols is 1. The highest BCUT2D eigenvalue weighted by atomic mass is 32.2. The number of carbonyl (C=O) groups is 3. The minimum absolute atomic E-state index is 0.00752. The smallest absolute Gasteiger partial charge is 0.286 e. The van der Waals surface area contributed by atoms with E-state index < -0.39 is 0 Å². The zero-order valence-electron chi connectivity index (χ0n) is 24.4. The molecule has 9 nitrogen and oxygen atoms in total. The van der Waals surface area contributed by atoms with Crippen LogP contribution < -0.4 is 19.7 Å². The molecular weight excluding hydrogens is 578 g/mol. The SMILES string of the molecule is CN(CCOc1ccc(CC2SC(=O)NC2=O)cc1)c1ccccn1.COc1ccc(/C=C/C(=O)c2ccccc2O)cc1. The third-order valence-corrected chi connectivity index (χ3v) is 7.54. The Bertz CT molecular complexity index is 1580. The number of aromatic hydroxyl groups is 1. The first-order chi connectivity index (χ1) is 21.3. The van der Waals surface area contributed by atoms with E-state index in [1.807, 2.05) is 78.7 Å². The minimum atomic E-state index is -0.341. The standard InChI is InChI=1S/C18H19N3O3S.C16H14O3/c1-21(16-4-2-3-9-19-16)10-11-24-14-7-5-13(6-8-14)12-15-17(22)20-18(23)25-15;1-19-13-9-6-12(7-10-13)8-11-16(18)14-4-2-3-5-15(14)17/h2-9,15H,10-12H2,1H3,(H,20,22,23);2-11,17H,1H3/b;11-8+. The molecular formula is C34H33N3O6S. The number of ketones is 1. The van der Waals surface area contributed by atoms with Crippen LogP contribution in [-0.2, 0) is 11.2 Å². The Morgan fingerprint density at radius 2 is 1.68 bits per heavy atom. The summed E-state index contributed by atoms with van der Waals surface area (Å²) in [7, 11) is 3.58. The number of amides is 2. The average Bonchev–Trinajstić information content (AvgIpc) is 3.37. The lowest BCUT2D eigenvalue weighted by molar-refractivity contribution is -0.118. The van der Waals surface area contributed by atoms with Gasteiger partial charge in [0.15, 0.2) is 5.78 Å². The van der Waals surface area contributed by atoms with Crippen LogP contribution in [0.3, 0.4) is 0 Å². The number of hydrogen-bond acceptors (Lipinski definition) is 9. The Morgan fingerprint density at radius 1 is 0.977 bits per heavy atom. The van der Waals surface area contributed by atoms with E-state index in [2.05, 4.69) is 10.3 Å². The van der Waals surface area contributed by atoms with E-state index in [0.717, 1.165) is 46.8 Å². The lowest BCUT2D eigenvalue weighted by Gasteiger charge is -2.18. The van der Waals surface area contributed by atoms with E-state index in [1.165, 1.54) is 12.1 Å². The summed E-state index contributed by atoms with van der Waals surface area (Å²) in [6, 6.07) is 27.3. The number of nitrogens with zero attached hydrogens (tertiary/aromatic N) is 2. The number of benzene rings is 3. The van der Waals surface area contributed by atoms with Crippen molar-refractivity contribution in [3.8, 4) is 17.2 Å². The largest absolute Gasteiger partial charge is 0.507 e. The molecule has 2 N–H and O–H groups in total. The zero-order chi connectivity index (χ0) is 31.3. The Labute approximate surface area is 260 Å². The van der Waals surface area contributed by atoms with E-state index in [-0.39, 0.29) is 27.9 Å². The molecule has 44 heavy (non-hydrogen) atoms. The van der Waals surface area contributed by atoms with Crippen LogP contribution in [0.1, 0.15) is 21.5 Å². The van der Waals surface area contributed by atoms with Gasteiger partial charge in [0.2, 0.25) is 5.91 Å². The quantitative estimate of drug-likeness (QED) is 0.161. The fraction of sp³-hybridized carbons (Fsp3) is 0.176. The summed E-state index contributed by atoms with van der Waals surface area (Å²) in [5, 5.41) is 11.3. The van der Waals surface area contributed by atoms with Crippen molar-refractivity contribution < 1.29 is 29.0 Å². The molecule has 2 heterocycles. The monoisotopic (exact) mass is 611 g/mol. The van der Waals surface area contributed by atoms with Crippen molar-refractivity contribution in [3.63, 3.8) is 0 Å². The molecule has 0 saturated carbocycles. The summed E-state index contributed by atoms with van der Waals surface area (Å²) in [5.41, 5.74) is 2.19. The van der Waals surface area contributed by atoms with Crippen LogP contribution in [0.15, 0.2) is 103 Å². The highest BCUT2D eigenvalue weighted by molar-refractivity contribution is 8.15. The van der Waals surface area contributed by atoms with Gasteiger partial charge >= 0.3 is 0 Å². The van der Waals surface area contributed by atoms with Crippen molar-refractivity contribution >= 4 is 40.6 Å². The van der Waals surface area contributed by atoms with Crippen LogP contribution in [-0.4, -0.2) is 59.6 Å². The molecule has 0 bridgehead atoms. The first kappa shape index (κ1) is 31.8. The average molecular weight is 612 g/mol. The summed E-state index contributed by atoms with van der Waals surface area (Å²) < 4.78 is 10.8. The third kappa shape index (κ3) is 9.47. The maximum absolute atomic E-state index is 11.9. The Hall–Kier alpha value is -5.09. The molecule has 10 heteroatoms. The summed E-state index contributed by atoms with van der Waals surface area (Å²) in [5.74, 6) is 2.00. The van der Waals surface area contributed by atoms with Gasteiger partial charge in [-0.1, -0.05) is 60.3 Å².